The van der Waals surface area contributed by atoms with Crippen molar-refractivity contribution in [2.75, 3.05) is 6.61 Å². The fourth-order valence-corrected chi connectivity index (χ4v) is 3.00. The maximum Gasteiger partial charge on any atom is 0.273 e. The number of carbonyl (C=O) groups is 1. The van der Waals surface area contributed by atoms with E-state index in [0.29, 0.717) is 11.8 Å². The number of benzene rings is 1. The third-order valence-electron chi connectivity index (χ3n) is 3.95. The molecule has 0 unspecified atom stereocenters. The van der Waals surface area contributed by atoms with Gasteiger partial charge in [0.25, 0.3) is 11.6 Å². The van der Waals surface area contributed by atoms with Crippen LogP contribution in [-0.2, 0) is 4.79 Å². The lowest BCUT2D eigenvalue weighted by Crippen LogP contribution is -2.45. The van der Waals surface area contributed by atoms with Gasteiger partial charge in [-0.15, -0.1) is 0 Å². The minimum absolute atomic E-state index is 0.0403. The summed E-state index contributed by atoms with van der Waals surface area (Å²) < 4.78 is 5.45. The van der Waals surface area contributed by atoms with Crippen LogP contribution >= 0.6 is 0 Å². The second-order valence-corrected chi connectivity index (χ2v) is 5.88. The molecule has 6 nitrogen and oxygen atoms in total. The summed E-state index contributed by atoms with van der Waals surface area (Å²) in [6, 6.07) is 6.33. The fraction of sp³-hybridized carbons (Fsp3) is 0.562. The van der Waals surface area contributed by atoms with E-state index in [-0.39, 0.29) is 24.2 Å². The highest BCUT2D eigenvalue weighted by atomic mass is 16.6. The highest BCUT2D eigenvalue weighted by Gasteiger charge is 2.28. The lowest BCUT2D eigenvalue weighted by Gasteiger charge is -2.32. The average molecular weight is 306 g/mol. The lowest BCUT2D eigenvalue weighted by atomic mass is 10.1. The van der Waals surface area contributed by atoms with Gasteiger partial charge in [0, 0.05) is 18.2 Å². The van der Waals surface area contributed by atoms with Crippen molar-refractivity contribution in [2.45, 2.75) is 51.6 Å². The maximum atomic E-state index is 12.4. The second-order valence-electron chi connectivity index (χ2n) is 5.88. The molecule has 0 saturated heterocycles. The van der Waals surface area contributed by atoms with Gasteiger partial charge in [-0.25, -0.2) is 0 Å². The summed E-state index contributed by atoms with van der Waals surface area (Å²) in [6.07, 6.45) is 4.40. The summed E-state index contributed by atoms with van der Waals surface area (Å²) in [5, 5.41) is 10.7. The second kappa shape index (κ2) is 7.24. The van der Waals surface area contributed by atoms with Crippen LogP contribution in [0.15, 0.2) is 24.3 Å². The van der Waals surface area contributed by atoms with E-state index in [1.54, 1.807) is 12.1 Å². The van der Waals surface area contributed by atoms with Crippen LogP contribution in [0.1, 0.15) is 39.5 Å². The Morgan fingerprint density at radius 3 is 2.68 bits per heavy atom. The van der Waals surface area contributed by atoms with Crippen molar-refractivity contribution in [1.29, 1.82) is 0 Å². The number of amides is 1. The molecule has 0 radical (unpaired) electrons. The lowest BCUT2D eigenvalue weighted by molar-refractivity contribution is -0.384. The Hall–Kier alpha value is -2.11. The number of nitro benzene ring substituents is 1. The van der Waals surface area contributed by atoms with Gasteiger partial charge in [0.1, 0.15) is 5.75 Å². The standard InChI is InChI=1S/C16H22N2O4/c1-12(2)17(13-6-3-4-7-13)16(19)11-22-15-9-5-8-14(10-15)18(20)21/h5,8-10,12-13H,3-4,6-7,11H2,1-2H3. The Balaban J connectivity index is 1.98. The number of hydrogen-bond acceptors (Lipinski definition) is 4. The monoisotopic (exact) mass is 306 g/mol. The number of hydrogen-bond donors (Lipinski definition) is 0. The Bertz CT molecular complexity index is 539. The van der Waals surface area contributed by atoms with Crippen LogP contribution in [0.25, 0.3) is 0 Å². The van der Waals surface area contributed by atoms with E-state index >= 15 is 0 Å². The zero-order chi connectivity index (χ0) is 16.1. The van der Waals surface area contributed by atoms with Gasteiger partial charge in [-0.05, 0) is 32.8 Å². The van der Waals surface area contributed by atoms with E-state index in [9.17, 15) is 14.9 Å². The average Bonchev–Trinajstić information content (AvgIpc) is 2.99. The predicted molar refractivity (Wildman–Crippen MR) is 82.8 cm³/mol. The first kappa shape index (κ1) is 16.3. The molecule has 0 atom stereocenters. The molecule has 1 aliphatic rings. The molecule has 1 aromatic rings. The van der Waals surface area contributed by atoms with E-state index in [0.717, 1.165) is 25.7 Å². The quantitative estimate of drug-likeness (QED) is 0.598. The number of ether oxygens (including phenoxy) is 1. The molecule has 1 fully saturated rings. The fourth-order valence-electron chi connectivity index (χ4n) is 3.00. The minimum Gasteiger partial charge on any atom is -0.484 e. The molecular weight excluding hydrogens is 284 g/mol. The van der Waals surface area contributed by atoms with Crippen molar-refractivity contribution in [3.8, 4) is 5.75 Å². The zero-order valence-electron chi connectivity index (χ0n) is 13.0. The maximum absolute atomic E-state index is 12.4. The number of rotatable bonds is 6. The molecule has 0 heterocycles. The third kappa shape index (κ3) is 3.96. The van der Waals surface area contributed by atoms with Gasteiger partial charge in [-0.3, -0.25) is 14.9 Å². The van der Waals surface area contributed by atoms with Gasteiger partial charge in [-0.1, -0.05) is 18.9 Å². The van der Waals surface area contributed by atoms with Crippen LogP contribution in [-0.4, -0.2) is 34.4 Å². The SMILES string of the molecule is CC(C)N(C(=O)COc1cccc([N+](=O)[O-])c1)C1CCCC1. The van der Waals surface area contributed by atoms with Gasteiger partial charge in [-0.2, -0.15) is 0 Å². The van der Waals surface area contributed by atoms with Crippen molar-refractivity contribution in [2.24, 2.45) is 0 Å². The zero-order valence-corrected chi connectivity index (χ0v) is 13.0. The van der Waals surface area contributed by atoms with Gasteiger partial charge in [0.15, 0.2) is 6.61 Å². The number of carbonyl (C=O) groups excluding carboxylic acids is 1. The molecule has 0 N–H and O–H groups in total. The number of non-ortho nitro benzene ring substituents is 1. The normalized spacial score (nSPS) is 15.0. The van der Waals surface area contributed by atoms with E-state index in [4.69, 9.17) is 4.74 Å². The van der Waals surface area contributed by atoms with Gasteiger partial charge < -0.3 is 9.64 Å². The smallest absolute Gasteiger partial charge is 0.273 e. The number of nitrogens with zero attached hydrogens (tertiary/aromatic N) is 2. The third-order valence-corrected chi connectivity index (χ3v) is 3.95. The molecule has 1 aliphatic carbocycles. The first-order valence-corrected chi connectivity index (χ1v) is 7.67. The van der Waals surface area contributed by atoms with E-state index in [1.165, 1.54) is 12.1 Å². The van der Waals surface area contributed by atoms with Crippen LogP contribution < -0.4 is 4.74 Å². The Labute approximate surface area is 130 Å². The highest BCUT2D eigenvalue weighted by Crippen LogP contribution is 2.25. The van der Waals surface area contributed by atoms with Crippen molar-refractivity contribution in [1.82, 2.24) is 4.90 Å². The van der Waals surface area contributed by atoms with Crippen LogP contribution in [0.5, 0.6) is 5.75 Å². The van der Waals surface area contributed by atoms with Crippen molar-refractivity contribution < 1.29 is 14.5 Å². The molecule has 6 heteroatoms. The van der Waals surface area contributed by atoms with Crippen LogP contribution in [0.2, 0.25) is 0 Å². The van der Waals surface area contributed by atoms with Crippen molar-refractivity contribution >= 4 is 11.6 Å². The Morgan fingerprint density at radius 2 is 2.09 bits per heavy atom. The molecule has 0 bridgehead atoms. The molecular formula is C16H22N2O4. The van der Waals surface area contributed by atoms with Gasteiger partial charge >= 0.3 is 0 Å². The first-order chi connectivity index (χ1) is 10.5. The molecule has 0 aliphatic heterocycles. The molecule has 0 spiro atoms. The summed E-state index contributed by atoms with van der Waals surface area (Å²) >= 11 is 0. The molecule has 1 saturated carbocycles. The largest absolute Gasteiger partial charge is 0.484 e. The minimum atomic E-state index is -0.479. The molecule has 1 amide bonds. The highest BCUT2D eigenvalue weighted by molar-refractivity contribution is 5.78. The van der Waals surface area contributed by atoms with Crippen molar-refractivity contribution in [3.05, 3.63) is 34.4 Å². The molecule has 120 valence electrons. The molecule has 2 rings (SSSR count). The predicted octanol–water partition coefficient (Wildman–Crippen LogP) is 3.15. The van der Waals surface area contributed by atoms with Crippen LogP contribution in [0.3, 0.4) is 0 Å². The topological polar surface area (TPSA) is 72.7 Å². The van der Waals surface area contributed by atoms with Gasteiger partial charge in [0.05, 0.1) is 11.0 Å². The first-order valence-electron chi connectivity index (χ1n) is 7.67. The van der Waals surface area contributed by atoms with Crippen LogP contribution in [0.4, 0.5) is 5.69 Å². The summed E-state index contributed by atoms with van der Waals surface area (Å²) in [7, 11) is 0. The van der Waals surface area contributed by atoms with Gasteiger partial charge in [0.2, 0.25) is 0 Å². The van der Waals surface area contributed by atoms with Crippen LogP contribution in [0, 0.1) is 10.1 Å². The molecule has 1 aromatic carbocycles. The number of nitro groups is 1. The molecule has 22 heavy (non-hydrogen) atoms. The summed E-state index contributed by atoms with van der Waals surface area (Å²) in [5.41, 5.74) is -0.0403. The Morgan fingerprint density at radius 1 is 1.41 bits per heavy atom. The van der Waals surface area contributed by atoms with E-state index < -0.39 is 4.92 Å². The summed E-state index contributed by atoms with van der Waals surface area (Å²) in [5.74, 6) is 0.283. The van der Waals surface area contributed by atoms with E-state index in [1.807, 2.05) is 18.7 Å². The van der Waals surface area contributed by atoms with Crippen molar-refractivity contribution in [3.63, 3.8) is 0 Å². The Kier molecular flexibility index (Phi) is 5.35. The molecule has 0 aromatic heterocycles. The summed E-state index contributed by atoms with van der Waals surface area (Å²) in [6.45, 7) is 3.92. The summed E-state index contributed by atoms with van der Waals surface area (Å²) in [4.78, 5) is 24.6. The van der Waals surface area contributed by atoms with E-state index in [2.05, 4.69) is 0 Å².